The van der Waals surface area contributed by atoms with Crippen molar-refractivity contribution in [2.24, 2.45) is 5.92 Å². The van der Waals surface area contributed by atoms with E-state index in [1.807, 2.05) is 0 Å². The van der Waals surface area contributed by atoms with Crippen LogP contribution < -0.4 is 5.32 Å². The topological polar surface area (TPSA) is 15.3 Å². The Morgan fingerprint density at radius 2 is 2.07 bits per heavy atom. The molecule has 1 N–H and O–H groups in total. The van der Waals surface area contributed by atoms with Crippen LogP contribution in [0.3, 0.4) is 0 Å². The van der Waals surface area contributed by atoms with Crippen molar-refractivity contribution in [1.29, 1.82) is 0 Å². The monoisotopic (exact) mass is 196 g/mol. The van der Waals surface area contributed by atoms with E-state index in [4.69, 9.17) is 0 Å². The third-order valence-electron chi connectivity index (χ3n) is 3.97. The van der Waals surface area contributed by atoms with Gasteiger partial charge in [0, 0.05) is 18.1 Å². The standard InChI is InChI=1S/C12H24N2/c1-10(2)11-9-14(8-4-7-13-11)12(3)5-6-12/h10-11,13H,4-9H2,1-3H3. The van der Waals surface area contributed by atoms with Crippen LogP contribution in [0.5, 0.6) is 0 Å². The third kappa shape index (κ3) is 2.12. The lowest BCUT2D eigenvalue weighted by Gasteiger charge is -2.31. The van der Waals surface area contributed by atoms with Crippen molar-refractivity contribution < 1.29 is 0 Å². The van der Waals surface area contributed by atoms with Gasteiger partial charge in [0.05, 0.1) is 0 Å². The normalized spacial score (nSPS) is 33.0. The number of nitrogens with one attached hydrogen (secondary N) is 1. The maximum Gasteiger partial charge on any atom is 0.0218 e. The van der Waals surface area contributed by atoms with E-state index < -0.39 is 0 Å². The summed E-state index contributed by atoms with van der Waals surface area (Å²) in [6.45, 7) is 10.8. The molecule has 82 valence electrons. The molecule has 1 aliphatic heterocycles. The van der Waals surface area contributed by atoms with Crippen LogP contribution in [0, 0.1) is 5.92 Å². The van der Waals surface area contributed by atoms with Crippen molar-refractivity contribution in [1.82, 2.24) is 10.2 Å². The van der Waals surface area contributed by atoms with E-state index in [-0.39, 0.29) is 0 Å². The predicted octanol–water partition coefficient (Wildman–Crippen LogP) is 1.86. The van der Waals surface area contributed by atoms with Crippen molar-refractivity contribution in [3.63, 3.8) is 0 Å². The van der Waals surface area contributed by atoms with Gasteiger partial charge in [-0.2, -0.15) is 0 Å². The van der Waals surface area contributed by atoms with Crippen molar-refractivity contribution in [3.8, 4) is 0 Å². The summed E-state index contributed by atoms with van der Waals surface area (Å²) in [4.78, 5) is 2.72. The fourth-order valence-corrected chi connectivity index (χ4v) is 2.38. The van der Waals surface area contributed by atoms with Crippen molar-refractivity contribution in [2.45, 2.75) is 51.6 Å². The summed E-state index contributed by atoms with van der Waals surface area (Å²) in [5.74, 6) is 0.762. The molecule has 1 aliphatic carbocycles. The van der Waals surface area contributed by atoms with E-state index in [2.05, 4.69) is 31.0 Å². The lowest BCUT2D eigenvalue weighted by Crippen LogP contribution is -2.45. The summed E-state index contributed by atoms with van der Waals surface area (Å²) in [6.07, 6.45) is 4.15. The van der Waals surface area contributed by atoms with Crippen LogP contribution in [0.25, 0.3) is 0 Å². The molecule has 2 rings (SSSR count). The molecule has 1 saturated heterocycles. The molecule has 2 aliphatic rings. The Morgan fingerprint density at radius 1 is 1.36 bits per heavy atom. The lowest BCUT2D eigenvalue weighted by atomic mass is 10.0. The Morgan fingerprint density at radius 3 is 2.64 bits per heavy atom. The SMILES string of the molecule is CC(C)C1CN(C2(C)CC2)CCCN1. The molecule has 1 atom stereocenters. The fourth-order valence-electron chi connectivity index (χ4n) is 2.38. The maximum absolute atomic E-state index is 3.67. The summed E-state index contributed by atoms with van der Waals surface area (Å²) in [7, 11) is 0. The molecule has 2 heteroatoms. The molecule has 0 aromatic rings. The molecule has 1 heterocycles. The van der Waals surface area contributed by atoms with Crippen LogP contribution in [-0.4, -0.2) is 36.1 Å². The van der Waals surface area contributed by atoms with E-state index in [0.29, 0.717) is 11.6 Å². The van der Waals surface area contributed by atoms with Gasteiger partial charge in [-0.05, 0) is 45.2 Å². The van der Waals surface area contributed by atoms with Gasteiger partial charge in [-0.25, -0.2) is 0 Å². The molecule has 14 heavy (non-hydrogen) atoms. The highest BCUT2D eigenvalue weighted by Crippen LogP contribution is 2.41. The molecule has 0 radical (unpaired) electrons. The van der Waals surface area contributed by atoms with E-state index in [9.17, 15) is 0 Å². The van der Waals surface area contributed by atoms with Gasteiger partial charge >= 0.3 is 0 Å². The van der Waals surface area contributed by atoms with Crippen molar-refractivity contribution in [2.75, 3.05) is 19.6 Å². The first-order chi connectivity index (χ1) is 6.62. The first-order valence-corrected chi connectivity index (χ1v) is 6.10. The molecule has 0 bridgehead atoms. The summed E-state index contributed by atoms with van der Waals surface area (Å²) in [6, 6.07) is 0.704. The van der Waals surface area contributed by atoms with Gasteiger partial charge in [-0.1, -0.05) is 13.8 Å². The van der Waals surface area contributed by atoms with E-state index in [0.717, 1.165) is 5.92 Å². The number of nitrogens with zero attached hydrogens (tertiary/aromatic N) is 1. The molecule has 0 amide bonds. The minimum absolute atomic E-state index is 0.569. The minimum atomic E-state index is 0.569. The summed E-state index contributed by atoms with van der Waals surface area (Å²) >= 11 is 0. The summed E-state index contributed by atoms with van der Waals surface area (Å²) in [5.41, 5.74) is 0.569. The van der Waals surface area contributed by atoms with Crippen molar-refractivity contribution >= 4 is 0 Å². The third-order valence-corrected chi connectivity index (χ3v) is 3.97. The average molecular weight is 196 g/mol. The van der Waals surface area contributed by atoms with Gasteiger partial charge in [0.15, 0.2) is 0 Å². The minimum Gasteiger partial charge on any atom is -0.312 e. The second-order valence-corrected chi connectivity index (χ2v) is 5.60. The highest BCUT2D eigenvalue weighted by atomic mass is 15.2. The molecule has 0 aromatic carbocycles. The number of hydrogen-bond acceptors (Lipinski definition) is 2. The second kappa shape index (κ2) is 3.82. The van der Waals surface area contributed by atoms with Crippen LogP contribution in [0.2, 0.25) is 0 Å². The molecule has 1 unspecified atom stereocenters. The average Bonchev–Trinajstić information content (AvgIpc) is 2.87. The number of rotatable bonds is 2. The largest absolute Gasteiger partial charge is 0.312 e. The predicted molar refractivity (Wildman–Crippen MR) is 60.5 cm³/mol. The van der Waals surface area contributed by atoms with Crippen LogP contribution in [0.1, 0.15) is 40.0 Å². The zero-order valence-electron chi connectivity index (χ0n) is 9.84. The van der Waals surface area contributed by atoms with Gasteiger partial charge in [-0.15, -0.1) is 0 Å². The molecule has 1 saturated carbocycles. The summed E-state index contributed by atoms with van der Waals surface area (Å²) < 4.78 is 0. The van der Waals surface area contributed by atoms with Crippen LogP contribution in [0.15, 0.2) is 0 Å². The maximum atomic E-state index is 3.67. The van der Waals surface area contributed by atoms with Gasteiger partial charge in [0.25, 0.3) is 0 Å². The van der Waals surface area contributed by atoms with Gasteiger partial charge in [-0.3, -0.25) is 4.90 Å². The van der Waals surface area contributed by atoms with Crippen LogP contribution in [0.4, 0.5) is 0 Å². The number of hydrogen-bond donors (Lipinski definition) is 1. The van der Waals surface area contributed by atoms with Gasteiger partial charge in [0.1, 0.15) is 0 Å². The lowest BCUT2D eigenvalue weighted by molar-refractivity contribution is 0.175. The van der Waals surface area contributed by atoms with Gasteiger partial charge in [0.2, 0.25) is 0 Å². The molecule has 0 aromatic heterocycles. The second-order valence-electron chi connectivity index (χ2n) is 5.60. The smallest absolute Gasteiger partial charge is 0.0218 e. The summed E-state index contributed by atoms with van der Waals surface area (Å²) in [5, 5.41) is 3.67. The molecule has 2 nitrogen and oxygen atoms in total. The highest BCUT2D eigenvalue weighted by Gasteiger charge is 2.43. The Labute approximate surface area is 88.1 Å². The van der Waals surface area contributed by atoms with Gasteiger partial charge < -0.3 is 5.32 Å². The molecule has 2 fully saturated rings. The van der Waals surface area contributed by atoms with Crippen molar-refractivity contribution in [3.05, 3.63) is 0 Å². The Balaban J connectivity index is 1.97. The zero-order chi connectivity index (χ0) is 10.2. The Hall–Kier alpha value is -0.0800. The van der Waals surface area contributed by atoms with E-state index in [1.54, 1.807) is 0 Å². The quantitative estimate of drug-likeness (QED) is 0.725. The first kappa shape index (κ1) is 10.4. The molecule has 0 spiro atoms. The first-order valence-electron chi connectivity index (χ1n) is 6.10. The Bertz CT molecular complexity index is 196. The van der Waals surface area contributed by atoms with E-state index in [1.165, 1.54) is 38.9 Å². The van der Waals surface area contributed by atoms with Crippen LogP contribution in [-0.2, 0) is 0 Å². The van der Waals surface area contributed by atoms with Crippen LogP contribution >= 0.6 is 0 Å². The molecular formula is C12H24N2. The fraction of sp³-hybridized carbons (Fsp3) is 1.00. The zero-order valence-corrected chi connectivity index (χ0v) is 9.84. The Kier molecular flexibility index (Phi) is 2.85. The molecular weight excluding hydrogens is 172 g/mol. The highest BCUT2D eigenvalue weighted by molar-refractivity contribution is 5.01. The van der Waals surface area contributed by atoms with E-state index >= 15 is 0 Å².